The molecule has 18 heavy (non-hydrogen) atoms. The molecule has 1 heterocycles. The third kappa shape index (κ3) is 2.24. The van der Waals surface area contributed by atoms with Gasteiger partial charge in [-0.2, -0.15) is 5.10 Å². The smallest absolute Gasteiger partial charge is 0.264 e. The summed E-state index contributed by atoms with van der Waals surface area (Å²) in [5, 5.41) is 7.29. The first-order chi connectivity index (χ1) is 8.43. The zero-order valence-corrected chi connectivity index (χ0v) is 12.0. The number of benzene rings is 1. The predicted octanol–water partition coefficient (Wildman–Crippen LogP) is 4.36. The number of halogens is 4. The van der Waals surface area contributed by atoms with Crippen LogP contribution in [0.2, 0.25) is 20.1 Å². The average molecular weight is 324 g/mol. The Hall–Kier alpha value is -0.740. The van der Waals surface area contributed by atoms with Crippen molar-refractivity contribution in [3.05, 3.63) is 48.1 Å². The fourth-order valence-electron chi connectivity index (χ4n) is 1.45. The van der Waals surface area contributed by atoms with E-state index in [-0.39, 0.29) is 15.6 Å². The number of H-pyrrole nitrogens is 1. The van der Waals surface area contributed by atoms with Crippen molar-refractivity contribution in [2.45, 2.75) is 6.92 Å². The molecule has 2 rings (SSSR count). The second-order valence-electron chi connectivity index (χ2n) is 3.56. The van der Waals surface area contributed by atoms with Gasteiger partial charge in [0.1, 0.15) is 0 Å². The van der Waals surface area contributed by atoms with E-state index in [0.717, 1.165) is 0 Å². The van der Waals surface area contributed by atoms with Gasteiger partial charge in [0, 0.05) is 11.6 Å². The van der Waals surface area contributed by atoms with Crippen LogP contribution in [0.25, 0.3) is 11.3 Å². The molecule has 0 bridgehead atoms. The van der Waals surface area contributed by atoms with Crippen molar-refractivity contribution in [1.82, 2.24) is 10.2 Å². The Morgan fingerprint density at radius 2 is 1.56 bits per heavy atom. The lowest BCUT2D eigenvalue weighted by molar-refractivity contribution is 0.995. The summed E-state index contributed by atoms with van der Waals surface area (Å²) in [6.07, 6.45) is 0. The van der Waals surface area contributed by atoms with Crippen molar-refractivity contribution in [2.75, 3.05) is 0 Å². The van der Waals surface area contributed by atoms with Gasteiger partial charge in [-0.25, -0.2) is 5.10 Å². The zero-order valence-electron chi connectivity index (χ0n) is 9.02. The highest BCUT2D eigenvalue weighted by Crippen LogP contribution is 2.44. The average Bonchev–Trinajstić information content (AvgIpc) is 2.36. The molecule has 0 aliphatic rings. The number of aromatic amines is 1. The number of nitrogens with one attached hydrogen (secondary N) is 1. The summed E-state index contributed by atoms with van der Waals surface area (Å²) in [5.41, 5.74) is 1.07. The Bertz CT molecular complexity index is 632. The molecule has 1 aromatic heterocycles. The maximum absolute atomic E-state index is 11.0. The van der Waals surface area contributed by atoms with E-state index in [1.807, 2.05) is 0 Å². The Morgan fingerprint density at radius 3 is 2.00 bits per heavy atom. The van der Waals surface area contributed by atoms with Crippen molar-refractivity contribution in [2.24, 2.45) is 0 Å². The van der Waals surface area contributed by atoms with Crippen LogP contribution in [0.3, 0.4) is 0 Å². The molecule has 0 aliphatic heterocycles. The third-order valence-electron chi connectivity index (χ3n) is 2.42. The van der Waals surface area contributed by atoms with Crippen LogP contribution in [0.1, 0.15) is 5.56 Å². The van der Waals surface area contributed by atoms with Crippen LogP contribution in [-0.4, -0.2) is 10.2 Å². The molecule has 0 saturated carbocycles. The fraction of sp³-hybridized carbons (Fsp3) is 0.0909. The van der Waals surface area contributed by atoms with Crippen molar-refractivity contribution in [1.29, 1.82) is 0 Å². The van der Waals surface area contributed by atoms with E-state index in [1.54, 1.807) is 6.92 Å². The molecular formula is C11H6Cl4N2O. The minimum absolute atomic E-state index is 0.253. The molecule has 0 aliphatic carbocycles. The minimum atomic E-state index is -0.324. The van der Waals surface area contributed by atoms with E-state index in [9.17, 15) is 4.79 Å². The van der Waals surface area contributed by atoms with Crippen LogP contribution in [0.5, 0.6) is 0 Å². The highest BCUT2D eigenvalue weighted by Gasteiger charge is 2.19. The number of rotatable bonds is 1. The zero-order chi connectivity index (χ0) is 13.4. The van der Waals surface area contributed by atoms with Crippen LogP contribution in [-0.2, 0) is 0 Å². The van der Waals surface area contributed by atoms with Gasteiger partial charge in [-0.05, 0) is 18.6 Å². The summed E-state index contributed by atoms with van der Waals surface area (Å²) >= 11 is 24.4. The SMILES string of the molecule is Cc1c(Cl)c(Cl)c(-c2ccc(=O)[nH]n2)c(Cl)c1Cl. The number of hydrogen-bond donors (Lipinski definition) is 1. The van der Waals surface area contributed by atoms with Gasteiger partial charge in [-0.3, -0.25) is 4.79 Å². The van der Waals surface area contributed by atoms with Crippen LogP contribution in [0.4, 0.5) is 0 Å². The second-order valence-corrected chi connectivity index (χ2v) is 5.07. The van der Waals surface area contributed by atoms with Crippen LogP contribution in [0, 0.1) is 6.92 Å². The Morgan fingerprint density at radius 1 is 1.00 bits per heavy atom. The lowest BCUT2D eigenvalue weighted by Gasteiger charge is -2.12. The van der Waals surface area contributed by atoms with E-state index in [1.165, 1.54) is 12.1 Å². The third-order valence-corrected chi connectivity index (χ3v) is 4.31. The summed E-state index contributed by atoms with van der Waals surface area (Å²) in [5.74, 6) is 0. The van der Waals surface area contributed by atoms with Gasteiger partial charge in [0.05, 0.1) is 25.8 Å². The van der Waals surface area contributed by atoms with Crippen molar-refractivity contribution in [3.8, 4) is 11.3 Å². The van der Waals surface area contributed by atoms with Crippen LogP contribution < -0.4 is 5.56 Å². The normalized spacial score (nSPS) is 10.7. The van der Waals surface area contributed by atoms with Gasteiger partial charge in [-0.1, -0.05) is 46.4 Å². The minimum Gasteiger partial charge on any atom is -0.268 e. The summed E-state index contributed by atoms with van der Waals surface area (Å²) in [6, 6.07) is 2.81. The molecule has 3 nitrogen and oxygen atoms in total. The largest absolute Gasteiger partial charge is 0.268 e. The van der Waals surface area contributed by atoms with Gasteiger partial charge < -0.3 is 0 Å². The van der Waals surface area contributed by atoms with Gasteiger partial charge in [0.2, 0.25) is 0 Å². The first-order valence-corrected chi connectivity index (χ1v) is 6.33. The maximum Gasteiger partial charge on any atom is 0.264 e. The van der Waals surface area contributed by atoms with E-state index < -0.39 is 0 Å². The fourth-order valence-corrected chi connectivity index (χ4v) is 2.59. The molecule has 0 amide bonds. The van der Waals surface area contributed by atoms with E-state index >= 15 is 0 Å². The molecule has 0 saturated heterocycles. The summed E-state index contributed by atoms with van der Waals surface area (Å²) < 4.78 is 0. The molecule has 0 atom stereocenters. The number of nitrogens with zero attached hydrogens (tertiary/aromatic N) is 1. The molecule has 0 radical (unpaired) electrons. The monoisotopic (exact) mass is 322 g/mol. The van der Waals surface area contributed by atoms with Crippen molar-refractivity contribution in [3.63, 3.8) is 0 Å². The first-order valence-electron chi connectivity index (χ1n) is 4.82. The highest BCUT2D eigenvalue weighted by molar-refractivity contribution is 6.50. The van der Waals surface area contributed by atoms with Crippen LogP contribution >= 0.6 is 46.4 Å². The molecule has 2 aromatic rings. The van der Waals surface area contributed by atoms with Gasteiger partial charge in [0.15, 0.2) is 0 Å². The Balaban J connectivity index is 2.79. The molecule has 1 N–H and O–H groups in total. The van der Waals surface area contributed by atoms with Gasteiger partial charge in [-0.15, -0.1) is 0 Å². The number of hydrogen-bond acceptors (Lipinski definition) is 2. The Labute approximate surface area is 123 Å². The summed E-state index contributed by atoms with van der Waals surface area (Å²) in [7, 11) is 0. The molecule has 0 spiro atoms. The standard InChI is InChI=1S/C11H6Cl4N2O/c1-4-8(12)10(14)7(11(15)9(4)13)5-2-3-6(18)17-16-5/h2-3H,1H3,(H,17,18). The van der Waals surface area contributed by atoms with Gasteiger partial charge in [0.25, 0.3) is 5.56 Å². The van der Waals surface area contributed by atoms with Crippen LogP contribution in [0.15, 0.2) is 16.9 Å². The molecular weight excluding hydrogens is 318 g/mol. The van der Waals surface area contributed by atoms with Crippen molar-refractivity contribution < 1.29 is 0 Å². The predicted molar refractivity (Wildman–Crippen MR) is 75.1 cm³/mol. The van der Waals surface area contributed by atoms with E-state index in [4.69, 9.17) is 46.4 Å². The molecule has 0 fully saturated rings. The molecule has 7 heteroatoms. The molecule has 1 aromatic carbocycles. The molecule has 0 unspecified atom stereocenters. The van der Waals surface area contributed by atoms with E-state index in [2.05, 4.69) is 10.2 Å². The lowest BCUT2D eigenvalue weighted by atomic mass is 10.1. The first kappa shape index (κ1) is 13.7. The highest BCUT2D eigenvalue weighted by atomic mass is 35.5. The molecule has 94 valence electrons. The van der Waals surface area contributed by atoms with Crippen molar-refractivity contribution >= 4 is 46.4 Å². The lowest BCUT2D eigenvalue weighted by Crippen LogP contribution is -2.06. The van der Waals surface area contributed by atoms with Gasteiger partial charge >= 0.3 is 0 Å². The number of aromatic nitrogens is 2. The maximum atomic E-state index is 11.0. The quantitative estimate of drug-likeness (QED) is 0.792. The second kappa shape index (κ2) is 5.10. The Kier molecular flexibility index (Phi) is 3.87. The summed E-state index contributed by atoms with van der Waals surface area (Å²) in [6.45, 7) is 1.71. The summed E-state index contributed by atoms with van der Waals surface area (Å²) in [4.78, 5) is 11.0. The van der Waals surface area contributed by atoms with E-state index in [0.29, 0.717) is 26.9 Å². The topological polar surface area (TPSA) is 45.8 Å².